The van der Waals surface area contributed by atoms with Gasteiger partial charge in [-0.2, -0.15) is 0 Å². The number of aromatic hydroxyl groups is 1. The van der Waals surface area contributed by atoms with Gasteiger partial charge in [0.15, 0.2) is 23.0 Å². The number of likely N-dealkylation sites (tertiary alicyclic amines) is 1. The molecule has 0 bridgehead atoms. The average Bonchev–Trinajstić information content (AvgIpc) is 3.18. The van der Waals surface area contributed by atoms with E-state index in [0.717, 1.165) is 5.56 Å². The molecule has 0 unspecified atom stereocenters. The SMILES string of the molecule is CCOc1cc([C@H]2C(=C(O)c3ccc4c(c3)OCCO4)C(=O)C(=O)N2CCc2ccccc2)ccc1O. The van der Waals surface area contributed by atoms with Crippen LogP contribution in [0.1, 0.15) is 29.7 Å². The summed E-state index contributed by atoms with van der Waals surface area (Å²) >= 11 is 0. The highest BCUT2D eigenvalue weighted by molar-refractivity contribution is 6.46. The van der Waals surface area contributed by atoms with E-state index in [1.54, 1.807) is 37.3 Å². The van der Waals surface area contributed by atoms with Gasteiger partial charge in [-0.25, -0.2) is 0 Å². The third-order valence-corrected chi connectivity index (χ3v) is 6.44. The fourth-order valence-electron chi connectivity index (χ4n) is 4.67. The topological polar surface area (TPSA) is 106 Å². The van der Waals surface area contributed by atoms with E-state index in [4.69, 9.17) is 14.2 Å². The Bertz CT molecular complexity index is 1370. The van der Waals surface area contributed by atoms with Crippen LogP contribution in [0.4, 0.5) is 0 Å². The molecule has 2 aliphatic heterocycles. The van der Waals surface area contributed by atoms with Gasteiger partial charge in [0, 0.05) is 12.1 Å². The molecule has 5 rings (SSSR count). The number of fused-ring (bicyclic) bond motifs is 1. The van der Waals surface area contributed by atoms with E-state index < -0.39 is 17.7 Å². The lowest BCUT2D eigenvalue weighted by Crippen LogP contribution is -2.31. The number of ether oxygens (including phenoxy) is 3. The van der Waals surface area contributed by atoms with Crippen molar-refractivity contribution in [2.75, 3.05) is 26.4 Å². The van der Waals surface area contributed by atoms with E-state index in [9.17, 15) is 19.8 Å². The van der Waals surface area contributed by atoms with Gasteiger partial charge < -0.3 is 29.3 Å². The van der Waals surface area contributed by atoms with Crippen molar-refractivity contribution in [2.45, 2.75) is 19.4 Å². The molecule has 8 heteroatoms. The number of aliphatic hydroxyl groups excluding tert-OH is 1. The highest BCUT2D eigenvalue weighted by Crippen LogP contribution is 2.43. The Hall–Kier alpha value is -4.46. The first-order chi connectivity index (χ1) is 18.0. The van der Waals surface area contributed by atoms with Crippen LogP contribution in [-0.2, 0) is 16.0 Å². The second-order valence-corrected chi connectivity index (χ2v) is 8.75. The molecule has 0 aromatic heterocycles. The van der Waals surface area contributed by atoms with Crippen molar-refractivity contribution >= 4 is 17.4 Å². The zero-order chi connectivity index (χ0) is 25.9. The minimum absolute atomic E-state index is 0.0390. The number of ketones is 1. The number of carbonyl (C=O) groups excluding carboxylic acids is 2. The summed E-state index contributed by atoms with van der Waals surface area (Å²) in [4.78, 5) is 28.1. The quantitative estimate of drug-likeness (QED) is 0.284. The number of benzene rings is 3. The van der Waals surface area contributed by atoms with Gasteiger partial charge in [-0.1, -0.05) is 36.4 Å². The summed E-state index contributed by atoms with van der Waals surface area (Å²) in [6, 6.07) is 18.3. The maximum absolute atomic E-state index is 13.3. The van der Waals surface area contributed by atoms with Gasteiger partial charge in [-0.05, 0) is 54.8 Å². The number of carbonyl (C=O) groups is 2. The van der Waals surface area contributed by atoms with Crippen LogP contribution in [0.3, 0.4) is 0 Å². The first kappa shape index (κ1) is 24.2. The number of aliphatic hydroxyl groups is 1. The van der Waals surface area contributed by atoms with Gasteiger partial charge >= 0.3 is 0 Å². The largest absolute Gasteiger partial charge is 0.507 e. The molecule has 1 fully saturated rings. The summed E-state index contributed by atoms with van der Waals surface area (Å²) in [7, 11) is 0. The fourth-order valence-corrected chi connectivity index (χ4v) is 4.67. The lowest BCUT2D eigenvalue weighted by molar-refractivity contribution is -0.139. The van der Waals surface area contributed by atoms with Gasteiger partial charge in [0.25, 0.3) is 11.7 Å². The second-order valence-electron chi connectivity index (χ2n) is 8.75. The Morgan fingerprint density at radius 2 is 1.76 bits per heavy atom. The predicted octanol–water partition coefficient (Wildman–Crippen LogP) is 4.23. The van der Waals surface area contributed by atoms with Gasteiger partial charge in [0.05, 0.1) is 18.2 Å². The third kappa shape index (κ3) is 4.70. The van der Waals surface area contributed by atoms with E-state index >= 15 is 0 Å². The van der Waals surface area contributed by atoms with Crippen molar-refractivity contribution in [1.29, 1.82) is 0 Å². The van der Waals surface area contributed by atoms with Crippen LogP contribution < -0.4 is 14.2 Å². The van der Waals surface area contributed by atoms with Gasteiger partial charge in [0.2, 0.25) is 0 Å². The minimum Gasteiger partial charge on any atom is -0.507 e. The number of rotatable bonds is 7. The molecular weight excluding hydrogens is 474 g/mol. The van der Waals surface area contributed by atoms with Crippen LogP contribution in [0.5, 0.6) is 23.0 Å². The lowest BCUT2D eigenvalue weighted by Gasteiger charge is -2.26. The Kier molecular flexibility index (Phi) is 6.72. The Morgan fingerprint density at radius 3 is 2.51 bits per heavy atom. The molecule has 1 saturated heterocycles. The molecule has 1 amide bonds. The highest BCUT2D eigenvalue weighted by atomic mass is 16.6. The molecule has 2 aliphatic rings. The second kappa shape index (κ2) is 10.3. The molecule has 3 aromatic carbocycles. The standard InChI is InChI=1S/C29H27NO7/c1-2-35-23-16-19(8-10-21(23)31)26-25(27(32)20-9-11-22-24(17-20)37-15-14-36-22)28(33)29(34)30(26)13-12-18-6-4-3-5-7-18/h3-11,16-17,26,31-32H,2,12-15H2,1H3/t26-/m0/s1. The number of phenolic OH excluding ortho intramolecular Hbond substituents is 1. The normalized spacial score (nSPS) is 18.2. The molecular formula is C29H27NO7. The van der Waals surface area contributed by atoms with E-state index in [-0.39, 0.29) is 29.4 Å². The molecule has 3 aromatic rings. The molecule has 1 atom stereocenters. The maximum atomic E-state index is 13.3. The average molecular weight is 502 g/mol. The van der Waals surface area contributed by atoms with E-state index in [2.05, 4.69) is 0 Å². The third-order valence-electron chi connectivity index (χ3n) is 6.44. The van der Waals surface area contributed by atoms with Crippen LogP contribution in [0, 0.1) is 0 Å². The first-order valence-electron chi connectivity index (χ1n) is 12.2. The van der Waals surface area contributed by atoms with Gasteiger partial charge in [0.1, 0.15) is 19.0 Å². The highest BCUT2D eigenvalue weighted by Gasteiger charge is 2.46. The fraction of sp³-hybridized carbons (Fsp3) is 0.241. The summed E-state index contributed by atoms with van der Waals surface area (Å²) in [5, 5.41) is 21.6. The summed E-state index contributed by atoms with van der Waals surface area (Å²) in [6.45, 7) is 3.16. The summed E-state index contributed by atoms with van der Waals surface area (Å²) in [6.07, 6.45) is 0.519. The van der Waals surface area contributed by atoms with E-state index in [0.29, 0.717) is 48.9 Å². The maximum Gasteiger partial charge on any atom is 0.295 e. The molecule has 0 aliphatic carbocycles. The Balaban J connectivity index is 1.60. The Morgan fingerprint density at radius 1 is 1.00 bits per heavy atom. The van der Waals surface area contributed by atoms with E-state index in [1.165, 1.54) is 11.0 Å². The van der Waals surface area contributed by atoms with Crippen molar-refractivity contribution in [1.82, 2.24) is 4.90 Å². The molecule has 2 N–H and O–H groups in total. The van der Waals surface area contributed by atoms with Crippen LogP contribution in [0.15, 0.2) is 72.3 Å². The number of hydrogen-bond acceptors (Lipinski definition) is 7. The number of amides is 1. The van der Waals surface area contributed by atoms with Crippen LogP contribution >= 0.6 is 0 Å². The van der Waals surface area contributed by atoms with E-state index in [1.807, 2.05) is 30.3 Å². The van der Waals surface area contributed by atoms with Gasteiger partial charge in [-0.3, -0.25) is 9.59 Å². The smallest absolute Gasteiger partial charge is 0.295 e. The number of nitrogens with zero attached hydrogens (tertiary/aromatic N) is 1. The van der Waals surface area contributed by atoms with Crippen LogP contribution in [-0.4, -0.2) is 53.2 Å². The van der Waals surface area contributed by atoms with Crippen molar-refractivity contribution in [3.63, 3.8) is 0 Å². The summed E-state index contributed by atoms with van der Waals surface area (Å²) in [5.74, 6) is -0.626. The molecule has 0 saturated carbocycles. The van der Waals surface area contributed by atoms with Crippen LogP contribution in [0.25, 0.3) is 5.76 Å². The zero-order valence-electron chi connectivity index (χ0n) is 20.3. The minimum atomic E-state index is -0.878. The van der Waals surface area contributed by atoms with Crippen molar-refractivity contribution in [3.8, 4) is 23.0 Å². The molecule has 37 heavy (non-hydrogen) atoms. The molecule has 0 spiro atoms. The predicted molar refractivity (Wildman–Crippen MR) is 136 cm³/mol. The monoisotopic (exact) mass is 501 g/mol. The van der Waals surface area contributed by atoms with Crippen molar-refractivity contribution in [2.24, 2.45) is 0 Å². The first-order valence-corrected chi connectivity index (χ1v) is 12.2. The molecule has 0 radical (unpaired) electrons. The van der Waals surface area contributed by atoms with Crippen LogP contribution in [0.2, 0.25) is 0 Å². The van der Waals surface area contributed by atoms with Gasteiger partial charge in [-0.15, -0.1) is 0 Å². The number of phenols is 1. The number of Topliss-reactive ketones (excluding diaryl/α,β-unsaturated/α-hetero) is 1. The Labute approximate surface area is 214 Å². The summed E-state index contributed by atoms with van der Waals surface area (Å²) < 4.78 is 16.7. The molecule has 8 nitrogen and oxygen atoms in total. The van der Waals surface area contributed by atoms with Crippen molar-refractivity contribution < 1.29 is 34.0 Å². The number of hydrogen-bond donors (Lipinski definition) is 2. The molecule has 2 heterocycles. The zero-order valence-corrected chi connectivity index (χ0v) is 20.3. The lowest BCUT2D eigenvalue weighted by atomic mass is 9.94. The van der Waals surface area contributed by atoms with Crippen molar-refractivity contribution in [3.05, 3.63) is 89.0 Å². The summed E-state index contributed by atoms with van der Waals surface area (Å²) in [5.41, 5.74) is 1.84. The molecule has 190 valence electrons.